The van der Waals surface area contributed by atoms with Crippen LogP contribution in [0.5, 0.6) is 0 Å². The smallest absolute Gasteiger partial charge is 0.309 e. The van der Waals surface area contributed by atoms with E-state index in [9.17, 15) is 13.6 Å². The van der Waals surface area contributed by atoms with Crippen molar-refractivity contribution in [1.29, 1.82) is 0 Å². The number of alkyl halides is 1. The van der Waals surface area contributed by atoms with Gasteiger partial charge in [-0.25, -0.2) is 8.78 Å². The van der Waals surface area contributed by atoms with Crippen LogP contribution in [-0.2, 0) is 15.2 Å². The van der Waals surface area contributed by atoms with E-state index in [0.717, 1.165) is 0 Å². The molecular formula is C13H14F2O2. The zero-order valence-electron chi connectivity index (χ0n) is 9.58. The minimum absolute atomic E-state index is 0.0787. The molecule has 2 rings (SSSR count). The fraction of sp³-hybridized carbons (Fsp3) is 0.462. The van der Waals surface area contributed by atoms with Crippen molar-refractivity contribution >= 4 is 5.97 Å². The largest absolute Gasteiger partial charge is 0.466 e. The van der Waals surface area contributed by atoms with Crippen molar-refractivity contribution in [3.8, 4) is 0 Å². The number of esters is 1. The van der Waals surface area contributed by atoms with E-state index in [4.69, 9.17) is 4.74 Å². The first-order chi connectivity index (χ1) is 8.05. The van der Waals surface area contributed by atoms with E-state index in [2.05, 4.69) is 0 Å². The molecular weight excluding hydrogens is 226 g/mol. The zero-order valence-corrected chi connectivity index (χ0v) is 9.58. The van der Waals surface area contributed by atoms with Crippen molar-refractivity contribution in [3.05, 3.63) is 35.6 Å². The van der Waals surface area contributed by atoms with Crippen LogP contribution in [0.2, 0.25) is 0 Å². The van der Waals surface area contributed by atoms with Crippen molar-refractivity contribution in [3.63, 3.8) is 0 Å². The van der Waals surface area contributed by atoms with Crippen LogP contribution < -0.4 is 0 Å². The monoisotopic (exact) mass is 240 g/mol. The number of ether oxygens (including phenoxy) is 1. The number of benzene rings is 1. The minimum Gasteiger partial charge on any atom is -0.466 e. The fourth-order valence-corrected chi connectivity index (χ4v) is 2.15. The number of carbonyl (C=O) groups excluding carboxylic acids is 1. The normalized spacial score (nSPS) is 27.4. The summed E-state index contributed by atoms with van der Waals surface area (Å²) in [5.74, 6) is -1.22. The molecule has 0 radical (unpaired) electrons. The SMILES string of the molecule is CCOC(=O)C1CC(F)(c2cccc(F)c2)C1. The first kappa shape index (κ1) is 12.0. The van der Waals surface area contributed by atoms with Gasteiger partial charge in [-0.15, -0.1) is 0 Å². The topological polar surface area (TPSA) is 26.3 Å². The lowest BCUT2D eigenvalue weighted by molar-refractivity contribution is -0.158. The highest BCUT2D eigenvalue weighted by molar-refractivity contribution is 5.74. The summed E-state index contributed by atoms with van der Waals surface area (Å²) in [4.78, 5) is 11.3. The second kappa shape index (κ2) is 4.43. The van der Waals surface area contributed by atoms with E-state index < -0.39 is 17.4 Å². The van der Waals surface area contributed by atoms with Crippen LogP contribution in [0, 0.1) is 11.7 Å². The summed E-state index contributed by atoms with van der Waals surface area (Å²) in [5, 5.41) is 0. The Morgan fingerprint density at radius 2 is 2.24 bits per heavy atom. The van der Waals surface area contributed by atoms with Crippen LogP contribution in [0.15, 0.2) is 24.3 Å². The van der Waals surface area contributed by atoms with E-state index in [1.54, 1.807) is 13.0 Å². The summed E-state index contributed by atoms with van der Waals surface area (Å²) in [6.45, 7) is 2.01. The second-order valence-corrected chi connectivity index (χ2v) is 4.33. The Morgan fingerprint density at radius 3 is 2.82 bits per heavy atom. The first-order valence-corrected chi connectivity index (χ1v) is 5.67. The van der Waals surface area contributed by atoms with Gasteiger partial charge in [0.2, 0.25) is 0 Å². The molecule has 0 amide bonds. The molecule has 0 unspecified atom stereocenters. The van der Waals surface area contributed by atoms with Gasteiger partial charge >= 0.3 is 5.97 Å². The quantitative estimate of drug-likeness (QED) is 0.759. The Labute approximate surface area is 98.6 Å². The fourth-order valence-electron chi connectivity index (χ4n) is 2.15. The molecule has 1 fully saturated rings. The average Bonchev–Trinajstić information content (AvgIpc) is 2.25. The molecule has 1 aliphatic carbocycles. The maximum absolute atomic E-state index is 14.3. The summed E-state index contributed by atoms with van der Waals surface area (Å²) < 4.78 is 32.1. The first-order valence-electron chi connectivity index (χ1n) is 5.67. The number of hydrogen-bond acceptors (Lipinski definition) is 2. The van der Waals surface area contributed by atoms with Crippen molar-refractivity contribution < 1.29 is 18.3 Å². The lowest BCUT2D eigenvalue weighted by Crippen LogP contribution is -2.42. The Hall–Kier alpha value is -1.45. The summed E-state index contributed by atoms with van der Waals surface area (Å²) in [6.07, 6.45) is 0.157. The maximum atomic E-state index is 14.3. The van der Waals surface area contributed by atoms with Crippen molar-refractivity contribution in [2.75, 3.05) is 6.61 Å². The summed E-state index contributed by atoms with van der Waals surface area (Å²) in [5.41, 5.74) is -1.28. The number of rotatable bonds is 3. The Balaban J connectivity index is 2.03. The molecule has 4 heteroatoms. The van der Waals surface area contributed by atoms with Crippen molar-refractivity contribution in [1.82, 2.24) is 0 Å². The third-order valence-corrected chi connectivity index (χ3v) is 3.10. The Bertz CT molecular complexity index is 425. The summed E-state index contributed by atoms with van der Waals surface area (Å²) >= 11 is 0. The van der Waals surface area contributed by atoms with Gasteiger partial charge in [0.05, 0.1) is 12.5 Å². The average molecular weight is 240 g/mol. The van der Waals surface area contributed by atoms with E-state index in [1.165, 1.54) is 18.2 Å². The molecule has 0 heterocycles. The predicted molar refractivity (Wildman–Crippen MR) is 58.5 cm³/mol. The highest BCUT2D eigenvalue weighted by Crippen LogP contribution is 2.49. The standard InChI is InChI=1S/C13H14F2O2/c1-2-17-12(16)9-7-13(15,8-9)10-4-3-5-11(14)6-10/h3-6,9H,2,7-8H2,1H3. The molecule has 0 bridgehead atoms. The van der Waals surface area contributed by atoms with Crippen LogP contribution in [0.1, 0.15) is 25.3 Å². The van der Waals surface area contributed by atoms with Gasteiger partial charge in [0, 0.05) is 0 Å². The molecule has 0 saturated heterocycles. The molecule has 0 aromatic heterocycles. The van der Waals surface area contributed by atoms with Crippen LogP contribution >= 0.6 is 0 Å². The van der Waals surface area contributed by atoms with Crippen LogP contribution in [0.25, 0.3) is 0 Å². The lowest BCUT2D eigenvalue weighted by atomic mass is 9.69. The van der Waals surface area contributed by atoms with Gasteiger partial charge < -0.3 is 4.74 Å². The predicted octanol–water partition coefficient (Wildman–Crippen LogP) is 2.96. The molecule has 17 heavy (non-hydrogen) atoms. The molecule has 2 nitrogen and oxygen atoms in total. The van der Waals surface area contributed by atoms with Gasteiger partial charge in [0.1, 0.15) is 11.5 Å². The molecule has 1 aromatic rings. The van der Waals surface area contributed by atoms with Gasteiger partial charge in [0.25, 0.3) is 0 Å². The van der Waals surface area contributed by atoms with E-state index in [0.29, 0.717) is 12.2 Å². The highest BCUT2D eigenvalue weighted by Gasteiger charge is 2.50. The molecule has 1 saturated carbocycles. The maximum Gasteiger partial charge on any atom is 0.309 e. The molecule has 0 aliphatic heterocycles. The number of hydrogen-bond donors (Lipinski definition) is 0. The van der Waals surface area contributed by atoms with E-state index >= 15 is 0 Å². The Morgan fingerprint density at radius 1 is 1.53 bits per heavy atom. The molecule has 0 N–H and O–H groups in total. The summed E-state index contributed by atoms with van der Waals surface area (Å²) in [7, 11) is 0. The van der Waals surface area contributed by atoms with E-state index in [1.807, 2.05) is 0 Å². The van der Waals surface area contributed by atoms with Gasteiger partial charge in [-0.2, -0.15) is 0 Å². The summed E-state index contributed by atoms with van der Waals surface area (Å²) in [6, 6.07) is 5.48. The number of halogens is 2. The second-order valence-electron chi connectivity index (χ2n) is 4.33. The van der Waals surface area contributed by atoms with Gasteiger partial charge in [-0.1, -0.05) is 12.1 Å². The molecule has 0 atom stereocenters. The van der Waals surface area contributed by atoms with Crippen molar-refractivity contribution in [2.24, 2.45) is 5.92 Å². The van der Waals surface area contributed by atoms with Crippen LogP contribution in [0.4, 0.5) is 8.78 Å². The number of carbonyl (C=O) groups is 1. The molecule has 1 aromatic carbocycles. The van der Waals surface area contributed by atoms with E-state index in [-0.39, 0.29) is 18.8 Å². The van der Waals surface area contributed by atoms with Crippen molar-refractivity contribution in [2.45, 2.75) is 25.4 Å². The third kappa shape index (κ3) is 2.30. The molecule has 0 spiro atoms. The van der Waals surface area contributed by atoms with Gasteiger partial charge in [-0.3, -0.25) is 4.79 Å². The van der Waals surface area contributed by atoms with Crippen LogP contribution in [-0.4, -0.2) is 12.6 Å². The lowest BCUT2D eigenvalue weighted by Gasteiger charge is -2.40. The molecule has 92 valence electrons. The van der Waals surface area contributed by atoms with Gasteiger partial charge in [-0.05, 0) is 37.5 Å². The highest BCUT2D eigenvalue weighted by atomic mass is 19.1. The zero-order chi connectivity index (χ0) is 12.5. The van der Waals surface area contributed by atoms with Crippen LogP contribution in [0.3, 0.4) is 0 Å². The molecule has 1 aliphatic rings. The third-order valence-electron chi connectivity index (χ3n) is 3.10. The van der Waals surface area contributed by atoms with Gasteiger partial charge in [0.15, 0.2) is 0 Å². The minimum atomic E-state index is -1.58. The Kier molecular flexibility index (Phi) is 3.13.